The van der Waals surface area contributed by atoms with Crippen LogP contribution in [0.25, 0.3) is 10.9 Å². The molecule has 0 saturated heterocycles. The molecule has 33 heavy (non-hydrogen) atoms. The summed E-state index contributed by atoms with van der Waals surface area (Å²) in [6.45, 7) is 11.0. The Morgan fingerprint density at radius 2 is 1.64 bits per heavy atom. The third kappa shape index (κ3) is 5.70. The van der Waals surface area contributed by atoms with Gasteiger partial charge in [-0.3, -0.25) is 4.68 Å². The molecule has 0 radical (unpaired) electrons. The zero-order valence-corrected chi connectivity index (χ0v) is 21.9. The summed E-state index contributed by atoms with van der Waals surface area (Å²) in [4.78, 5) is 26.7. The lowest BCUT2D eigenvalue weighted by Gasteiger charge is -2.38. The Labute approximate surface area is 203 Å². The molecule has 2 aliphatic rings. The van der Waals surface area contributed by atoms with Crippen molar-refractivity contribution in [2.75, 3.05) is 6.54 Å². The largest absolute Gasteiger partial charge is 0.443 e. The van der Waals surface area contributed by atoms with E-state index in [4.69, 9.17) is 14.6 Å². The number of carbonyl (C=O) groups excluding carboxylic acids is 2. The van der Waals surface area contributed by atoms with Crippen molar-refractivity contribution in [3.8, 4) is 0 Å². The van der Waals surface area contributed by atoms with Crippen molar-refractivity contribution in [2.45, 2.75) is 90.4 Å². The molecule has 1 heterocycles. The van der Waals surface area contributed by atoms with Crippen molar-refractivity contribution in [1.29, 1.82) is 0 Å². The molecule has 0 spiro atoms. The maximum absolute atomic E-state index is 12.8. The van der Waals surface area contributed by atoms with Crippen LogP contribution in [0.15, 0.2) is 22.7 Å². The molecule has 4 rings (SSSR count). The van der Waals surface area contributed by atoms with E-state index in [2.05, 4.69) is 38.8 Å². The van der Waals surface area contributed by atoms with Gasteiger partial charge in [0.1, 0.15) is 11.2 Å². The number of amides is 2. The van der Waals surface area contributed by atoms with E-state index in [0.717, 1.165) is 27.7 Å². The van der Waals surface area contributed by atoms with E-state index in [-0.39, 0.29) is 18.5 Å². The van der Waals surface area contributed by atoms with E-state index >= 15 is 0 Å². The first-order valence-electron chi connectivity index (χ1n) is 11.7. The number of aromatic nitrogens is 2. The molecular weight excluding hydrogens is 486 g/mol. The number of imide groups is 1. The highest BCUT2D eigenvalue weighted by atomic mass is 79.9. The summed E-state index contributed by atoms with van der Waals surface area (Å²) in [5.74, 6) is 0.739. The van der Waals surface area contributed by atoms with Crippen LogP contribution in [0, 0.1) is 5.92 Å². The molecule has 8 heteroatoms. The highest BCUT2D eigenvalue weighted by molar-refractivity contribution is 9.10. The van der Waals surface area contributed by atoms with Crippen LogP contribution in [-0.2, 0) is 9.47 Å². The second-order valence-corrected chi connectivity index (χ2v) is 12.2. The van der Waals surface area contributed by atoms with Gasteiger partial charge in [-0.25, -0.2) is 14.5 Å². The van der Waals surface area contributed by atoms with Gasteiger partial charge in [-0.2, -0.15) is 5.10 Å². The number of halogens is 1. The fourth-order valence-corrected chi connectivity index (χ4v) is 4.60. The lowest BCUT2D eigenvalue weighted by atomic mass is 9.80. The van der Waals surface area contributed by atoms with Gasteiger partial charge in [0.25, 0.3) is 0 Å². The quantitative estimate of drug-likeness (QED) is 0.443. The van der Waals surface area contributed by atoms with Crippen molar-refractivity contribution in [3.05, 3.63) is 28.4 Å². The first kappa shape index (κ1) is 24.0. The average Bonchev–Trinajstić information content (AvgIpc) is 3.39. The van der Waals surface area contributed by atoms with E-state index in [1.165, 1.54) is 23.9 Å². The summed E-state index contributed by atoms with van der Waals surface area (Å²) in [6, 6.07) is 6.60. The molecule has 0 atom stereocenters. The van der Waals surface area contributed by atoms with Crippen LogP contribution < -0.4 is 0 Å². The molecular formula is C25H34BrN3O4. The Kier molecular flexibility index (Phi) is 6.27. The molecule has 2 amide bonds. The van der Waals surface area contributed by atoms with Crippen molar-refractivity contribution in [1.82, 2.24) is 14.7 Å². The van der Waals surface area contributed by atoms with Crippen LogP contribution in [0.3, 0.4) is 0 Å². The Morgan fingerprint density at radius 1 is 1.06 bits per heavy atom. The molecule has 7 nitrogen and oxygen atoms in total. The van der Waals surface area contributed by atoms with Gasteiger partial charge in [0.15, 0.2) is 0 Å². The molecule has 0 aliphatic heterocycles. The molecule has 2 aromatic rings. The number of benzene rings is 1. The van der Waals surface area contributed by atoms with Gasteiger partial charge in [-0.1, -0.05) is 15.9 Å². The molecule has 0 N–H and O–H groups in total. The number of nitrogens with zero attached hydrogens (tertiary/aromatic N) is 3. The predicted molar refractivity (Wildman–Crippen MR) is 130 cm³/mol. The van der Waals surface area contributed by atoms with Crippen molar-refractivity contribution >= 4 is 39.0 Å². The Morgan fingerprint density at radius 3 is 2.15 bits per heavy atom. The highest BCUT2D eigenvalue weighted by Gasteiger charge is 2.39. The van der Waals surface area contributed by atoms with E-state index < -0.39 is 23.4 Å². The lowest BCUT2D eigenvalue weighted by Crippen LogP contribution is -2.47. The van der Waals surface area contributed by atoms with Gasteiger partial charge < -0.3 is 9.47 Å². The highest BCUT2D eigenvalue weighted by Crippen LogP contribution is 2.46. The van der Waals surface area contributed by atoms with Crippen LogP contribution in [0.2, 0.25) is 0 Å². The van der Waals surface area contributed by atoms with E-state index in [1.807, 2.05) is 0 Å². The maximum atomic E-state index is 12.8. The van der Waals surface area contributed by atoms with E-state index in [1.54, 1.807) is 41.5 Å². The standard InChI is InChI=1S/C25H34BrN3O4/c1-24(2,3)32-22(30)28(23(31)33-25(4,5)6)14-15-11-18(12-15)29-20-10-9-17(26)13-19(20)21(27-29)16-7-8-16/h9-10,13,15-16,18H,7-8,11-12,14H2,1-6H3/t15-,18-. The third-order valence-electron chi connectivity index (χ3n) is 5.89. The van der Waals surface area contributed by atoms with Crippen molar-refractivity contribution in [3.63, 3.8) is 0 Å². The second kappa shape index (κ2) is 8.60. The summed E-state index contributed by atoms with van der Waals surface area (Å²) in [7, 11) is 0. The molecule has 1 aromatic carbocycles. The average molecular weight is 520 g/mol. The number of carbonyl (C=O) groups is 2. The van der Waals surface area contributed by atoms with Gasteiger partial charge in [0.2, 0.25) is 0 Å². The molecule has 0 bridgehead atoms. The molecule has 180 valence electrons. The van der Waals surface area contributed by atoms with Gasteiger partial charge in [-0.15, -0.1) is 0 Å². The maximum Gasteiger partial charge on any atom is 0.419 e. The summed E-state index contributed by atoms with van der Waals surface area (Å²) in [6.07, 6.45) is 2.77. The molecule has 2 aliphatic carbocycles. The number of hydrogen-bond donors (Lipinski definition) is 0. The Bertz CT molecular complexity index is 1030. The zero-order valence-electron chi connectivity index (χ0n) is 20.4. The van der Waals surface area contributed by atoms with Gasteiger partial charge in [-0.05, 0) is 91.3 Å². The second-order valence-electron chi connectivity index (χ2n) is 11.3. The van der Waals surface area contributed by atoms with Crippen LogP contribution in [-0.4, -0.2) is 44.6 Å². The molecule has 0 unspecified atom stereocenters. The summed E-state index contributed by atoms with van der Waals surface area (Å²) < 4.78 is 14.2. The predicted octanol–water partition coefficient (Wildman–Crippen LogP) is 6.80. The summed E-state index contributed by atoms with van der Waals surface area (Å²) in [5.41, 5.74) is 0.959. The van der Waals surface area contributed by atoms with Crippen LogP contribution >= 0.6 is 15.9 Å². The third-order valence-corrected chi connectivity index (χ3v) is 6.38. The SMILES string of the molecule is CC(C)(C)OC(=O)N(C[C@H]1C[C@H](n2nc(C3CC3)c3cc(Br)ccc32)C1)C(=O)OC(C)(C)C. The minimum Gasteiger partial charge on any atom is -0.443 e. The number of ether oxygens (including phenoxy) is 2. The zero-order chi connectivity index (χ0) is 24.1. The van der Waals surface area contributed by atoms with E-state index in [9.17, 15) is 9.59 Å². The monoisotopic (exact) mass is 519 g/mol. The topological polar surface area (TPSA) is 73.7 Å². The minimum absolute atomic E-state index is 0.175. The molecule has 1 aromatic heterocycles. The van der Waals surface area contributed by atoms with Gasteiger partial charge in [0, 0.05) is 22.3 Å². The van der Waals surface area contributed by atoms with Crippen LogP contribution in [0.5, 0.6) is 0 Å². The minimum atomic E-state index is -0.693. The number of rotatable bonds is 4. The Balaban J connectivity index is 1.47. The fourth-order valence-electron chi connectivity index (χ4n) is 4.24. The number of fused-ring (bicyclic) bond motifs is 1. The Hall–Kier alpha value is -2.09. The van der Waals surface area contributed by atoms with Crippen molar-refractivity contribution < 1.29 is 19.1 Å². The normalized spacial score (nSPS) is 20.9. The number of hydrogen-bond acceptors (Lipinski definition) is 5. The van der Waals surface area contributed by atoms with Gasteiger partial charge >= 0.3 is 12.2 Å². The molecule has 2 fully saturated rings. The van der Waals surface area contributed by atoms with Gasteiger partial charge in [0.05, 0.1) is 17.3 Å². The lowest BCUT2D eigenvalue weighted by molar-refractivity contribution is -0.00631. The smallest absolute Gasteiger partial charge is 0.419 e. The summed E-state index contributed by atoms with van der Waals surface area (Å²) >= 11 is 3.59. The van der Waals surface area contributed by atoms with Crippen LogP contribution in [0.4, 0.5) is 9.59 Å². The van der Waals surface area contributed by atoms with Crippen LogP contribution in [0.1, 0.15) is 84.9 Å². The summed E-state index contributed by atoms with van der Waals surface area (Å²) in [5, 5.41) is 6.22. The molecule has 2 saturated carbocycles. The van der Waals surface area contributed by atoms with Crippen molar-refractivity contribution in [2.24, 2.45) is 5.92 Å². The first-order valence-corrected chi connectivity index (χ1v) is 12.5. The van der Waals surface area contributed by atoms with E-state index in [0.29, 0.717) is 5.92 Å². The first-order chi connectivity index (χ1) is 15.3. The fraction of sp³-hybridized carbons (Fsp3) is 0.640.